The maximum absolute atomic E-state index is 12.8. The van der Waals surface area contributed by atoms with Crippen molar-refractivity contribution in [3.05, 3.63) is 53.1 Å². The first-order valence-electron chi connectivity index (χ1n) is 8.65. The van der Waals surface area contributed by atoms with Crippen LogP contribution in [0.4, 0.5) is 0 Å². The number of carbonyl (C=O) groups is 1. The molecular weight excluding hydrogens is 330 g/mol. The van der Waals surface area contributed by atoms with E-state index in [1.807, 2.05) is 51.1 Å². The molecule has 1 aliphatic heterocycles. The van der Waals surface area contributed by atoms with Gasteiger partial charge in [-0.3, -0.25) is 4.79 Å². The fraction of sp³-hybridized carbons (Fsp3) is 0.381. The van der Waals surface area contributed by atoms with E-state index in [-0.39, 0.29) is 17.6 Å². The Kier molecular flexibility index (Phi) is 4.81. The van der Waals surface area contributed by atoms with E-state index in [0.29, 0.717) is 12.0 Å². The Morgan fingerprint density at radius 3 is 2.58 bits per heavy atom. The van der Waals surface area contributed by atoms with Crippen LogP contribution in [0.2, 0.25) is 0 Å². The number of benzene rings is 2. The number of carbonyl (C=O) groups excluding carboxylic acids is 1. The maximum Gasteiger partial charge on any atom is 0.251 e. The molecule has 0 fully saturated rings. The largest absolute Gasteiger partial charge is 0.497 e. The van der Waals surface area contributed by atoms with Gasteiger partial charge >= 0.3 is 0 Å². The van der Waals surface area contributed by atoms with Gasteiger partial charge in [0.25, 0.3) is 5.91 Å². The lowest BCUT2D eigenvalue weighted by Crippen LogP contribution is -2.41. The van der Waals surface area contributed by atoms with Crippen LogP contribution >= 0.6 is 0 Å². The second kappa shape index (κ2) is 6.90. The van der Waals surface area contributed by atoms with E-state index in [9.17, 15) is 4.79 Å². The molecular formula is C21H25NO4. The fourth-order valence-electron chi connectivity index (χ4n) is 3.35. The van der Waals surface area contributed by atoms with E-state index >= 15 is 0 Å². The SMILES string of the molecule is COc1ccc2c(c1)OC(C)(C)CC2NC(=O)c1ccc(OC)c(C)c1. The van der Waals surface area contributed by atoms with Gasteiger partial charge < -0.3 is 19.5 Å². The minimum absolute atomic E-state index is 0.111. The van der Waals surface area contributed by atoms with Crippen molar-refractivity contribution < 1.29 is 19.0 Å². The van der Waals surface area contributed by atoms with Gasteiger partial charge in [-0.2, -0.15) is 0 Å². The van der Waals surface area contributed by atoms with Crippen LogP contribution in [-0.2, 0) is 0 Å². The number of rotatable bonds is 4. The summed E-state index contributed by atoms with van der Waals surface area (Å²) in [6.45, 7) is 5.97. The molecule has 2 aromatic carbocycles. The third-order valence-electron chi connectivity index (χ3n) is 4.64. The molecule has 2 aromatic rings. The third-order valence-corrected chi connectivity index (χ3v) is 4.64. The number of methoxy groups -OCH3 is 2. The van der Waals surface area contributed by atoms with Crippen LogP contribution in [0.25, 0.3) is 0 Å². The average molecular weight is 355 g/mol. The summed E-state index contributed by atoms with van der Waals surface area (Å²) in [7, 11) is 3.25. The molecule has 1 atom stereocenters. The summed E-state index contributed by atoms with van der Waals surface area (Å²) in [5.74, 6) is 2.14. The Labute approximate surface area is 154 Å². The maximum atomic E-state index is 12.8. The Bertz CT molecular complexity index is 829. The minimum Gasteiger partial charge on any atom is -0.497 e. The first-order valence-corrected chi connectivity index (χ1v) is 8.65. The highest BCUT2D eigenvalue weighted by Gasteiger charge is 2.35. The van der Waals surface area contributed by atoms with Crippen molar-refractivity contribution in [1.82, 2.24) is 5.32 Å². The Morgan fingerprint density at radius 2 is 1.92 bits per heavy atom. The normalized spacial score (nSPS) is 17.7. The average Bonchev–Trinajstić information content (AvgIpc) is 2.60. The second-order valence-electron chi connectivity index (χ2n) is 7.18. The molecule has 1 N–H and O–H groups in total. The molecule has 5 nitrogen and oxygen atoms in total. The zero-order valence-corrected chi connectivity index (χ0v) is 15.9. The molecule has 1 heterocycles. The number of ether oxygens (including phenoxy) is 3. The monoisotopic (exact) mass is 355 g/mol. The van der Waals surface area contributed by atoms with Gasteiger partial charge in [0.2, 0.25) is 0 Å². The highest BCUT2D eigenvalue weighted by atomic mass is 16.5. The summed E-state index contributed by atoms with van der Waals surface area (Å²) in [5, 5.41) is 3.15. The number of amides is 1. The van der Waals surface area contributed by atoms with E-state index in [2.05, 4.69) is 5.32 Å². The molecule has 5 heteroatoms. The molecule has 26 heavy (non-hydrogen) atoms. The zero-order chi connectivity index (χ0) is 18.9. The van der Waals surface area contributed by atoms with Crippen LogP contribution in [0.1, 0.15) is 47.8 Å². The lowest BCUT2D eigenvalue weighted by Gasteiger charge is -2.38. The Morgan fingerprint density at radius 1 is 1.15 bits per heavy atom. The van der Waals surface area contributed by atoms with Crippen LogP contribution < -0.4 is 19.5 Å². The van der Waals surface area contributed by atoms with Crippen molar-refractivity contribution in [2.24, 2.45) is 0 Å². The number of hydrogen-bond acceptors (Lipinski definition) is 4. The summed E-state index contributed by atoms with van der Waals surface area (Å²) in [5.41, 5.74) is 2.12. The number of nitrogens with one attached hydrogen (secondary N) is 1. The van der Waals surface area contributed by atoms with Crippen LogP contribution in [0.3, 0.4) is 0 Å². The number of hydrogen-bond donors (Lipinski definition) is 1. The van der Waals surface area contributed by atoms with Crippen LogP contribution in [0.15, 0.2) is 36.4 Å². The minimum atomic E-state index is -0.382. The van der Waals surface area contributed by atoms with Gasteiger partial charge in [-0.05, 0) is 56.7 Å². The van der Waals surface area contributed by atoms with Crippen LogP contribution in [0.5, 0.6) is 17.2 Å². The van der Waals surface area contributed by atoms with Gasteiger partial charge in [0.1, 0.15) is 22.8 Å². The smallest absolute Gasteiger partial charge is 0.251 e. The Hall–Kier alpha value is -2.69. The van der Waals surface area contributed by atoms with Crippen molar-refractivity contribution in [2.75, 3.05) is 14.2 Å². The van der Waals surface area contributed by atoms with Gasteiger partial charge in [-0.25, -0.2) is 0 Å². The molecule has 0 aromatic heterocycles. The predicted octanol–water partition coefficient (Wildman–Crippen LogP) is 4.04. The molecule has 138 valence electrons. The van der Waals surface area contributed by atoms with Gasteiger partial charge in [0.15, 0.2) is 0 Å². The van der Waals surface area contributed by atoms with Crippen molar-refractivity contribution >= 4 is 5.91 Å². The highest BCUT2D eigenvalue weighted by Crippen LogP contribution is 2.41. The van der Waals surface area contributed by atoms with E-state index in [0.717, 1.165) is 28.4 Å². The summed E-state index contributed by atoms with van der Waals surface area (Å²) in [6, 6.07) is 11.0. The van der Waals surface area contributed by atoms with Crippen molar-refractivity contribution in [2.45, 2.75) is 38.8 Å². The third kappa shape index (κ3) is 3.62. The van der Waals surface area contributed by atoms with Crippen LogP contribution in [-0.4, -0.2) is 25.7 Å². The van der Waals surface area contributed by atoms with Crippen molar-refractivity contribution in [3.8, 4) is 17.2 Å². The lowest BCUT2D eigenvalue weighted by atomic mass is 9.89. The van der Waals surface area contributed by atoms with E-state index < -0.39 is 0 Å². The lowest BCUT2D eigenvalue weighted by molar-refractivity contribution is 0.0617. The molecule has 0 spiro atoms. The number of aryl methyl sites for hydroxylation is 1. The van der Waals surface area contributed by atoms with Crippen molar-refractivity contribution in [1.29, 1.82) is 0 Å². The van der Waals surface area contributed by atoms with E-state index in [4.69, 9.17) is 14.2 Å². The molecule has 1 unspecified atom stereocenters. The fourth-order valence-corrected chi connectivity index (χ4v) is 3.35. The van der Waals surface area contributed by atoms with Gasteiger partial charge in [0, 0.05) is 23.6 Å². The summed E-state index contributed by atoms with van der Waals surface area (Å²) in [6.07, 6.45) is 0.688. The predicted molar refractivity (Wildman–Crippen MR) is 100 cm³/mol. The molecule has 1 amide bonds. The van der Waals surface area contributed by atoms with Crippen LogP contribution in [0, 0.1) is 6.92 Å². The summed E-state index contributed by atoms with van der Waals surface area (Å²) >= 11 is 0. The number of fused-ring (bicyclic) bond motifs is 1. The molecule has 1 aliphatic rings. The molecule has 0 bridgehead atoms. The topological polar surface area (TPSA) is 56.8 Å². The summed E-state index contributed by atoms with van der Waals surface area (Å²) < 4.78 is 16.6. The van der Waals surface area contributed by atoms with Gasteiger partial charge in [-0.15, -0.1) is 0 Å². The van der Waals surface area contributed by atoms with E-state index in [1.54, 1.807) is 20.3 Å². The molecule has 0 radical (unpaired) electrons. The first-order chi connectivity index (χ1) is 12.3. The summed E-state index contributed by atoms with van der Waals surface area (Å²) in [4.78, 5) is 12.8. The Balaban J connectivity index is 1.87. The zero-order valence-electron chi connectivity index (χ0n) is 15.9. The van der Waals surface area contributed by atoms with Crippen molar-refractivity contribution in [3.63, 3.8) is 0 Å². The quantitative estimate of drug-likeness (QED) is 0.899. The molecule has 3 rings (SSSR count). The van der Waals surface area contributed by atoms with Gasteiger partial charge in [-0.1, -0.05) is 0 Å². The van der Waals surface area contributed by atoms with E-state index in [1.165, 1.54) is 0 Å². The highest BCUT2D eigenvalue weighted by molar-refractivity contribution is 5.95. The standard InChI is InChI=1S/C21H25NO4/c1-13-10-14(6-9-18(13)25-5)20(23)22-17-12-21(2,3)26-19-11-15(24-4)7-8-16(17)19/h6-11,17H,12H2,1-5H3,(H,22,23). The van der Waals surface area contributed by atoms with Gasteiger partial charge in [0.05, 0.1) is 20.3 Å². The molecule has 0 saturated carbocycles. The first kappa shape index (κ1) is 18.1. The second-order valence-corrected chi connectivity index (χ2v) is 7.18. The molecule has 0 aliphatic carbocycles. The molecule has 0 saturated heterocycles.